The Labute approximate surface area is 185 Å². The van der Waals surface area contributed by atoms with Gasteiger partial charge < -0.3 is 19.0 Å². The van der Waals surface area contributed by atoms with Crippen LogP contribution < -0.4 is 10.1 Å². The summed E-state index contributed by atoms with van der Waals surface area (Å²) in [6.07, 6.45) is 4.12. The molecule has 32 heavy (non-hydrogen) atoms. The van der Waals surface area contributed by atoms with E-state index >= 15 is 0 Å². The molecular formula is C25H24FN3O3. The van der Waals surface area contributed by atoms with Gasteiger partial charge in [-0.3, -0.25) is 4.79 Å². The van der Waals surface area contributed by atoms with Crippen LogP contribution in [0.25, 0.3) is 11.3 Å². The van der Waals surface area contributed by atoms with Crippen molar-refractivity contribution in [2.45, 2.75) is 18.9 Å². The predicted octanol–water partition coefficient (Wildman–Crippen LogP) is 4.67. The van der Waals surface area contributed by atoms with Crippen molar-refractivity contribution in [1.29, 1.82) is 0 Å². The lowest BCUT2D eigenvalue weighted by Crippen LogP contribution is -2.31. The molecule has 164 valence electrons. The summed E-state index contributed by atoms with van der Waals surface area (Å²) in [6, 6.07) is 17.0. The molecule has 0 bridgehead atoms. The van der Waals surface area contributed by atoms with E-state index in [0.29, 0.717) is 35.1 Å². The standard InChI is InChI=1S/C25H24FN3O3/c1-29-16-15-27-25(29)24(19-8-4-6-10-21(19)31-2)28-23(30)14-12-17-11-13-22(32-17)18-7-3-5-9-20(18)26/h3-11,13,15-16,24H,12,14H2,1-2H3,(H,28,30). The van der Waals surface area contributed by atoms with Gasteiger partial charge in [-0.1, -0.05) is 30.3 Å². The first-order valence-electron chi connectivity index (χ1n) is 10.3. The van der Waals surface area contributed by atoms with Crippen LogP contribution in [-0.2, 0) is 18.3 Å². The molecule has 0 radical (unpaired) electrons. The Bertz CT molecular complexity index is 1210. The van der Waals surface area contributed by atoms with Crippen LogP contribution in [0.15, 0.2) is 77.5 Å². The first-order valence-corrected chi connectivity index (χ1v) is 10.3. The van der Waals surface area contributed by atoms with Gasteiger partial charge in [-0.2, -0.15) is 0 Å². The highest BCUT2D eigenvalue weighted by Crippen LogP contribution is 2.29. The number of imidazole rings is 1. The molecule has 0 saturated heterocycles. The summed E-state index contributed by atoms with van der Waals surface area (Å²) in [5.74, 6) is 1.92. The van der Waals surface area contributed by atoms with E-state index in [1.54, 1.807) is 43.6 Å². The molecule has 0 fully saturated rings. The number of carbonyl (C=O) groups excluding carboxylic acids is 1. The highest BCUT2D eigenvalue weighted by Gasteiger charge is 2.24. The number of methoxy groups -OCH3 is 1. The Morgan fingerprint density at radius 1 is 1.16 bits per heavy atom. The third kappa shape index (κ3) is 4.56. The summed E-state index contributed by atoms with van der Waals surface area (Å²) in [5.41, 5.74) is 1.21. The smallest absolute Gasteiger partial charge is 0.221 e. The summed E-state index contributed by atoms with van der Waals surface area (Å²) in [5, 5.41) is 3.07. The number of nitrogens with zero attached hydrogens (tertiary/aromatic N) is 2. The maximum atomic E-state index is 14.0. The van der Waals surface area contributed by atoms with E-state index in [1.807, 2.05) is 42.1 Å². The van der Waals surface area contributed by atoms with E-state index in [-0.39, 0.29) is 18.1 Å². The molecule has 2 heterocycles. The van der Waals surface area contributed by atoms with Crippen LogP contribution >= 0.6 is 0 Å². The normalized spacial score (nSPS) is 11.8. The second kappa shape index (κ2) is 9.51. The number of furan rings is 1. The summed E-state index contributed by atoms with van der Waals surface area (Å²) in [4.78, 5) is 17.3. The fourth-order valence-corrected chi connectivity index (χ4v) is 3.63. The Morgan fingerprint density at radius 3 is 2.69 bits per heavy atom. The minimum Gasteiger partial charge on any atom is -0.496 e. The monoisotopic (exact) mass is 433 g/mol. The van der Waals surface area contributed by atoms with Crippen molar-refractivity contribution in [3.05, 3.63) is 96.0 Å². The zero-order chi connectivity index (χ0) is 22.5. The van der Waals surface area contributed by atoms with Crippen molar-refractivity contribution in [1.82, 2.24) is 14.9 Å². The number of carbonyl (C=O) groups is 1. The Morgan fingerprint density at radius 2 is 1.94 bits per heavy atom. The van der Waals surface area contributed by atoms with Crippen molar-refractivity contribution >= 4 is 5.91 Å². The molecule has 7 heteroatoms. The molecular weight excluding hydrogens is 409 g/mol. The number of aryl methyl sites for hydroxylation is 2. The molecule has 1 N–H and O–H groups in total. The van der Waals surface area contributed by atoms with Crippen LogP contribution in [0.2, 0.25) is 0 Å². The lowest BCUT2D eigenvalue weighted by Gasteiger charge is -2.21. The molecule has 1 unspecified atom stereocenters. The number of hydrogen-bond acceptors (Lipinski definition) is 4. The zero-order valence-corrected chi connectivity index (χ0v) is 17.9. The number of ether oxygens (including phenoxy) is 1. The molecule has 6 nitrogen and oxygen atoms in total. The average molecular weight is 433 g/mol. The Hall–Kier alpha value is -3.87. The number of benzene rings is 2. The summed E-state index contributed by atoms with van der Waals surface area (Å²) >= 11 is 0. The van der Waals surface area contributed by atoms with Crippen LogP contribution in [0.1, 0.15) is 29.6 Å². The molecule has 1 amide bonds. The minimum atomic E-state index is -0.468. The molecule has 0 aliphatic rings. The van der Waals surface area contributed by atoms with E-state index in [4.69, 9.17) is 9.15 Å². The maximum Gasteiger partial charge on any atom is 0.221 e. The van der Waals surface area contributed by atoms with Gasteiger partial charge in [-0.15, -0.1) is 0 Å². The number of halogens is 1. The van der Waals surface area contributed by atoms with E-state index in [9.17, 15) is 9.18 Å². The topological polar surface area (TPSA) is 69.3 Å². The van der Waals surface area contributed by atoms with Gasteiger partial charge >= 0.3 is 0 Å². The van der Waals surface area contributed by atoms with Crippen molar-refractivity contribution < 1.29 is 18.3 Å². The molecule has 0 aliphatic heterocycles. The Balaban J connectivity index is 1.48. The highest BCUT2D eigenvalue weighted by molar-refractivity contribution is 5.77. The second-order valence-electron chi connectivity index (χ2n) is 7.38. The number of hydrogen-bond donors (Lipinski definition) is 1. The van der Waals surface area contributed by atoms with Gasteiger partial charge in [0.05, 0.1) is 12.7 Å². The van der Waals surface area contributed by atoms with Crippen molar-refractivity contribution in [3.63, 3.8) is 0 Å². The van der Waals surface area contributed by atoms with Gasteiger partial charge in [0.25, 0.3) is 0 Å². The number of amides is 1. The highest BCUT2D eigenvalue weighted by atomic mass is 19.1. The van der Waals surface area contributed by atoms with Crippen LogP contribution in [0.5, 0.6) is 5.75 Å². The molecule has 0 spiro atoms. The van der Waals surface area contributed by atoms with Gasteiger partial charge in [-0.05, 0) is 30.3 Å². The first kappa shape index (κ1) is 21.4. The third-order valence-corrected chi connectivity index (χ3v) is 5.27. The van der Waals surface area contributed by atoms with E-state index in [2.05, 4.69) is 10.3 Å². The summed E-state index contributed by atoms with van der Waals surface area (Å²) < 4.78 is 27.1. The van der Waals surface area contributed by atoms with Gasteiger partial charge in [0.2, 0.25) is 5.91 Å². The molecule has 0 aliphatic carbocycles. The lowest BCUT2D eigenvalue weighted by atomic mass is 10.0. The molecule has 0 saturated carbocycles. The molecule has 4 rings (SSSR count). The number of rotatable bonds is 8. The van der Waals surface area contributed by atoms with E-state index in [1.165, 1.54) is 6.07 Å². The van der Waals surface area contributed by atoms with Crippen LogP contribution in [0.3, 0.4) is 0 Å². The molecule has 1 atom stereocenters. The quantitative estimate of drug-likeness (QED) is 0.439. The zero-order valence-electron chi connectivity index (χ0n) is 17.9. The molecule has 4 aromatic rings. The fourth-order valence-electron chi connectivity index (χ4n) is 3.63. The van der Waals surface area contributed by atoms with Crippen molar-refractivity contribution in [3.8, 4) is 17.1 Å². The third-order valence-electron chi connectivity index (χ3n) is 5.27. The van der Waals surface area contributed by atoms with Crippen LogP contribution in [-0.4, -0.2) is 22.6 Å². The lowest BCUT2D eigenvalue weighted by molar-refractivity contribution is -0.121. The number of nitrogens with one attached hydrogen (secondary N) is 1. The second-order valence-corrected chi connectivity index (χ2v) is 7.38. The SMILES string of the molecule is COc1ccccc1C(NC(=O)CCc1ccc(-c2ccccc2F)o1)c1nccn1C. The molecule has 2 aromatic carbocycles. The Kier molecular flexibility index (Phi) is 6.35. The van der Waals surface area contributed by atoms with Gasteiger partial charge in [-0.25, -0.2) is 9.37 Å². The summed E-state index contributed by atoms with van der Waals surface area (Å²) in [6.45, 7) is 0. The van der Waals surface area contributed by atoms with Gasteiger partial charge in [0.15, 0.2) is 0 Å². The largest absolute Gasteiger partial charge is 0.496 e. The van der Waals surface area contributed by atoms with Gasteiger partial charge in [0, 0.05) is 37.8 Å². The van der Waals surface area contributed by atoms with Crippen molar-refractivity contribution in [2.24, 2.45) is 7.05 Å². The number of aromatic nitrogens is 2. The summed E-state index contributed by atoms with van der Waals surface area (Å²) in [7, 11) is 3.48. The first-order chi connectivity index (χ1) is 15.6. The van der Waals surface area contributed by atoms with E-state index in [0.717, 1.165) is 5.56 Å². The number of para-hydroxylation sites is 1. The predicted molar refractivity (Wildman–Crippen MR) is 119 cm³/mol. The maximum absolute atomic E-state index is 14.0. The average Bonchev–Trinajstić information content (AvgIpc) is 3.45. The van der Waals surface area contributed by atoms with Gasteiger partial charge in [0.1, 0.15) is 35.0 Å². The van der Waals surface area contributed by atoms with Crippen molar-refractivity contribution in [2.75, 3.05) is 7.11 Å². The van der Waals surface area contributed by atoms with E-state index < -0.39 is 6.04 Å². The van der Waals surface area contributed by atoms with Crippen LogP contribution in [0.4, 0.5) is 4.39 Å². The molecule has 2 aromatic heterocycles. The van der Waals surface area contributed by atoms with Crippen LogP contribution in [0, 0.1) is 5.82 Å². The minimum absolute atomic E-state index is 0.159. The fraction of sp³-hybridized carbons (Fsp3) is 0.200.